The maximum absolute atomic E-state index is 11.9. The third-order valence-electron chi connectivity index (χ3n) is 5.25. The van der Waals surface area contributed by atoms with Crippen LogP contribution >= 0.6 is 15.9 Å². The number of unbranched alkanes of at least 4 members (excludes halogenated alkanes) is 11. The van der Waals surface area contributed by atoms with Gasteiger partial charge in [-0.1, -0.05) is 107 Å². The summed E-state index contributed by atoms with van der Waals surface area (Å²) in [5, 5.41) is 9.89. The fourth-order valence-electron chi connectivity index (χ4n) is 3.44. The molecule has 0 aliphatic heterocycles. The number of halogens is 1. The van der Waals surface area contributed by atoms with E-state index in [1.807, 2.05) is 0 Å². The van der Waals surface area contributed by atoms with Gasteiger partial charge in [0.25, 0.3) is 0 Å². The van der Waals surface area contributed by atoms with Gasteiger partial charge in [0.1, 0.15) is 5.78 Å². The molecule has 0 spiro atoms. The Bertz CT molecular complexity index is 307. The van der Waals surface area contributed by atoms with Crippen molar-refractivity contribution in [1.29, 1.82) is 0 Å². The number of hydrogen-bond acceptors (Lipinski definition) is 2. The summed E-state index contributed by atoms with van der Waals surface area (Å²) < 4.78 is 0. The minimum Gasteiger partial charge on any atom is -0.392 e. The van der Waals surface area contributed by atoms with E-state index in [0.29, 0.717) is 5.78 Å². The summed E-state index contributed by atoms with van der Waals surface area (Å²) in [4.78, 5) is 12.1. The summed E-state index contributed by atoms with van der Waals surface area (Å²) in [5.41, 5.74) is 0. The number of hydrogen-bond donors (Lipinski definition) is 1. The molecule has 0 aliphatic rings. The van der Waals surface area contributed by atoms with E-state index in [2.05, 4.69) is 29.8 Å². The molecule has 0 aromatic rings. The third-order valence-corrected chi connectivity index (χ3v) is 6.31. The lowest BCUT2D eigenvalue weighted by Gasteiger charge is -2.16. The molecule has 156 valence electrons. The Labute approximate surface area is 172 Å². The van der Waals surface area contributed by atoms with E-state index < -0.39 is 0 Å². The van der Waals surface area contributed by atoms with E-state index in [1.54, 1.807) is 0 Å². The van der Waals surface area contributed by atoms with Crippen molar-refractivity contribution in [3.63, 3.8) is 0 Å². The summed E-state index contributed by atoms with van der Waals surface area (Å²) in [6, 6.07) is 0. The minimum atomic E-state index is -0.210. The molecule has 1 N–H and O–H groups in total. The number of aliphatic hydroxyl groups is 1. The molecule has 0 heterocycles. The van der Waals surface area contributed by atoms with Crippen molar-refractivity contribution in [1.82, 2.24) is 0 Å². The van der Waals surface area contributed by atoms with Gasteiger partial charge in [-0.05, 0) is 25.7 Å². The van der Waals surface area contributed by atoms with Crippen LogP contribution in [0.1, 0.15) is 129 Å². The van der Waals surface area contributed by atoms with Crippen molar-refractivity contribution in [3.8, 4) is 0 Å². The van der Waals surface area contributed by atoms with Crippen LogP contribution in [0, 0.1) is 0 Å². The molecule has 0 aromatic heterocycles. The smallest absolute Gasteiger partial charge is 0.132 e. The van der Waals surface area contributed by atoms with Gasteiger partial charge in [-0.25, -0.2) is 0 Å². The zero-order chi connectivity index (χ0) is 19.5. The van der Waals surface area contributed by atoms with Crippen LogP contribution in [0.15, 0.2) is 0 Å². The topological polar surface area (TPSA) is 37.3 Å². The number of alkyl halides is 1. The Kier molecular flexibility index (Phi) is 19.9. The van der Waals surface area contributed by atoms with Gasteiger partial charge in [-0.15, -0.1) is 0 Å². The summed E-state index contributed by atoms with van der Waals surface area (Å²) in [5.74, 6) is 0.463. The van der Waals surface area contributed by atoms with Gasteiger partial charge in [0.15, 0.2) is 0 Å². The molecule has 2 unspecified atom stereocenters. The number of aliphatic hydroxyl groups excluding tert-OH is 1. The summed E-state index contributed by atoms with van der Waals surface area (Å²) >= 11 is 3.59. The normalized spacial score (nSPS) is 13.7. The molecule has 26 heavy (non-hydrogen) atoms. The van der Waals surface area contributed by atoms with Crippen molar-refractivity contribution in [2.75, 3.05) is 0 Å². The molecular formula is C23H45BrO2. The monoisotopic (exact) mass is 432 g/mol. The Morgan fingerprint density at radius 2 is 1.15 bits per heavy atom. The number of carbonyl (C=O) groups excluding carboxylic acids is 1. The fraction of sp³-hybridized carbons (Fsp3) is 0.957. The number of ketones is 1. The molecule has 0 aliphatic carbocycles. The molecule has 0 bridgehead atoms. The van der Waals surface area contributed by atoms with Crippen molar-refractivity contribution in [2.45, 2.75) is 140 Å². The molecule has 0 saturated heterocycles. The highest BCUT2D eigenvalue weighted by Gasteiger charge is 2.14. The van der Waals surface area contributed by atoms with Gasteiger partial charge in [0, 0.05) is 17.7 Å². The zero-order valence-corrected chi connectivity index (χ0v) is 19.2. The lowest BCUT2D eigenvalue weighted by Crippen LogP contribution is -2.19. The fourth-order valence-corrected chi connectivity index (χ4v) is 4.03. The summed E-state index contributed by atoms with van der Waals surface area (Å²) in [6.07, 6.45) is 20.6. The summed E-state index contributed by atoms with van der Waals surface area (Å²) in [6.45, 7) is 4.37. The zero-order valence-electron chi connectivity index (χ0n) is 17.6. The first-order chi connectivity index (χ1) is 12.6. The molecule has 0 rings (SSSR count). The molecular weight excluding hydrogens is 388 g/mol. The Hall–Kier alpha value is 0.110. The maximum atomic E-state index is 11.9. The molecule has 3 heteroatoms. The van der Waals surface area contributed by atoms with E-state index in [9.17, 15) is 9.90 Å². The average Bonchev–Trinajstić information content (AvgIpc) is 2.63. The largest absolute Gasteiger partial charge is 0.392 e. The molecule has 2 atom stereocenters. The van der Waals surface area contributed by atoms with E-state index in [1.165, 1.54) is 57.8 Å². The predicted molar refractivity (Wildman–Crippen MR) is 118 cm³/mol. The molecule has 2 nitrogen and oxygen atoms in total. The number of rotatable bonds is 20. The lowest BCUT2D eigenvalue weighted by molar-refractivity contribution is -0.119. The second-order valence-corrected chi connectivity index (χ2v) is 9.12. The average molecular weight is 434 g/mol. The highest BCUT2D eigenvalue weighted by atomic mass is 79.9. The molecule has 0 amide bonds. The number of carbonyl (C=O) groups is 1. The van der Waals surface area contributed by atoms with Crippen molar-refractivity contribution in [2.24, 2.45) is 0 Å². The Morgan fingerprint density at radius 3 is 1.65 bits per heavy atom. The Balaban J connectivity index is 3.32. The molecule has 0 fully saturated rings. The van der Waals surface area contributed by atoms with Crippen molar-refractivity contribution >= 4 is 21.7 Å². The van der Waals surface area contributed by atoms with Crippen LogP contribution in [0.2, 0.25) is 0 Å². The predicted octanol–water partition coefficient (Wildman–Crippen LogP) is 7.74. The molecule has 0 radical (unpaired) electrons. The van der Waals surface area contributed by atoms with E-state index in [-0.39, 0.29) is 10.9 Å². The quantitative estimate of drug-likeness (QED) is 0.157. The van der Waals surface area contributed by atoms with Crippen LogP contribution in [0.5, 0.6) is 0 Å². The van der Waals surface area contributed by atoms with Gasteiger partial charge >= 0.3 is 0 Å². The van der Waals surface area contributed by atoms with E-state index >= 15 is 0 Å². The second kappa shape index (κ2) is 19.9. The van der Waals surface area contributed by atoms with Crippen LogP contribution in [-0.4, -0.2) is 21.8 Å². The van der Waals surface area contributed by atoms with Gasteiger partial charge < -0.3 is 5.11 Å². The lowest BCUT2D eigenvalue weighted by atomic mass is 10.0. The van der Waals surface area contributed by atoms with Crippen LogP contribution in [0.3, 0.4) is 0 Å². The first kappa shape index (κ1) is 26.1. The number of Topliss-reactive ketones (excluding diaryl/α,β-unsaturated/α-hetero) is 1. The van der Waals surface area contributed by atoms with Gasteiger partial charge in [0.2, 0.25) is 0 Å². The van der Waals surface area contributed by atoms with Crippen molar-refractivity contribution in [3.05, 3.63) is 0 Å². The summed E-state index contributed by atoms with van der Waals surface area (Å²) in [7, 11) is 0. The van der Waals surface area contributed by atoms with Gasteiger partial charge in [-0.3, -0.25) is 4.79 Å². The minimum absolute atomic E-state index is 0.210. The molecule has 0 aromatic carbocycles. The van der Waals surface area contributed by atoms with Crippen LogP contribution in [-0.2, 0) is 4.79 Å². The van der Waals surface area contributed by atoms with Crippen LogP contribution in [0.25, 0.3) is 0 Å². The standard InChI is InChI=1S/C23H45BrO2/c1-3-5-6-7-8-9-10-11-14-18-21(25)19-15-12-13-16-20-22(24)23(26)17-4-2/h22-23,26H,3-20H2,1-2H3. The van der Waals surface area contributed by atoms with Gasteiger partial charge in [-0.2, -0.15) is 0 Å². The SMILES string of the molecule is CCCCCCCCCCCC(=O)CCCCCCC(Br)C(O)CCC. The Morgan fingerprint density at radius 1 is 0.692 bits per heavy atom. The maximum Gasteiger partial charge on any atom is 0.132 e. The highest BCUT2D eigenvalue weighted by Crippen LogP contribution is 2.19. The highest BCUT2D eigenvalue weighted by molar-refractivity contribution is 9.09. The first-order valence-corrected chi connectivity index (χ1v) is 12.4. The van der Waals surface area contributed by atoms with Crippen LogP contribution in [0.4, 0.5) is 0 Å². The van der Waals surface area contributed by atoms with Gasteiger partial charge in [0.05, 0.1) is 6.10 Å². The third kappa shape index (κ3) is 17.5. The second-order valence-electron chi connectivity index (χ2n) is 7.94. The van der Waals surface area contributed by atoms with E-state index in [4.69, 9.17) is 0 Å². The van der Waals surface area contributed by atoms with Crippen LogP contribution < -0.4 is 0 Å². The van der Waals surface area contributed by atoms with E-state index in [0.717, 1.165) is 57.8 Å². The first-order valence-electron chi connectivity index (χ1n) is 11.5. The van der Waals surface area contributed by atoms with Crippen molar-refractivity contribution < 1.29 is 9.90 Å². The molecule has 0 saturated carbocycles.